The normalized spacial score (nSPS) is 21.3. The Bertz CT molecular complexity index is 464. The highest BCUT2D eigenvalue weighted by Crippen LogP contribution is 2.25. The third kappa shape index (κ3) is 4.90. The first kappa shape index (κ1) is 16.1. The fourth-order valence-electron chi connectivity index (χ4n) is 2.69. The number of amides is 1. The minimum atomic E-state index is 0.113. The topological polar surface area (TPSA) is 55.6 Å². The van der Waals surface area contributed by atoms with Crippen molar-refractivity contribution in [1.29, 1.82) is 0 Å². The van der Waals surface area contributed by atoms with Crippen molar-refractivity contribution in [2.24, 2.45) is 11.7 Å². The average Bonchev–Trinajstić information content (AvgIpc) is 2.91. The van der Waals surface area contributed by atoms with Gasteiger partial charge in [0.2, 0.25) is 5.91 Å². The van der Waals surface area contributed by atoms with E-state index in [0.29, 0.717) is 18.2 Å². The van der Waals surface area contributed by atoms with Gasteiger partial charge in [-0.05, 0) is 49.9 Å². The first-order chi connectivity index (χ1) is 10.1. The number of rotatable bonds is 6. The predicted molar refractivity (Wildman–Crippen MR) is 84.5 cm³/mol. The summed E-state index contributed by atoms with van der Waals surface area (Å²) in [7, 11) is 1.86. The maximum Gasteiger partial charge on any atom is 0.225 e. The molecule has 1 saturated carbocycles. The van der Waals surface area contributed by atoms with Crippen LogP contribution in [-0.2, 0) is 4.79 Å². The zero-order valence-corrected chi connectivity index (χ0v) is 13.2. The summed E-state index contributed by atoms with van der Waals surface area (Å²) < 4.78 is 5.62. The lowest BCUT2D eigenvalue weighted by molar-refractivity contribution is -0.134. The van der Waals surface area contributed by atoms with E-state index in [1.165, 1.54) is 0 Å². The van der Waals surface area contributed by atoms with Crippen molar-refractivity contribution in [1.82, 2.24) is 4.90 Å². The summed E-state index contributed by atoms with van der Waals surface area (Å²) in [6.07, 6.45) is 3.52. The van der Waals surface area contributed by atoms with Crippen LogP contribution in [0.25, 0.3) is 0 Å². The van der Waals surface area contributed by atoms with Crippen molar-refractivity contribution in [3.63, 3.8) is 0 Å². The second-order valence-corrected chi connectivity index (χ2v) is 6.12. The van der Waals surface area contributed by atoms with Crippen LogP contribution in [0, 0.1) is 5.92 Å². The minimum absolute atomic E-state index is 0.113. The third-order valence-electron chi connectivity index (χ3n) is 3.92. The smallest absolute Gasteiger partial charge is 0.225 e. The molecule has 1 aromatic carbocycles. The molecule has 0 bridgehead atoms. The van der Waals surface area contributed by atoms with E-state index in [4.69, 9.17) is 22.1 Å². The zero-order chi connectivity index (χ0) is 15.2. The van der Waals surface area contributed by atoms with Gasteiger partial charge in [0.15, 0.2) is 0 Å². The quantitative estimate of drug-likeness (QED) is 0.822. The number of nitrogens with zero attached hydrogens (tertiary/aromatic N) is 1. The van der Waals surface area contributed by atoms with Gasteiger partial charge < -0.3 is 15.4 Å². The molecular formula is C16H23ClN2O2. The summed E-state index contributed by atoms with van der Waals surface area (Å²) in [4.78, 5) is 14.0. The van der Waals surface area contributed by atoms with E-state index in [9.17, 15) is 4.79 Å². The molecule has 0 saturated heterocycles. The Hall–Kier alpha value is -1.26. The number of halogens is 1. The van der Waals surface area contributed by atoms with Crippen molar-refractivity contribution >= 4 is 17.5 Å². The number of hydrogen-bond acceptors (Lipinski definition) is 3. The monoisotopic (exact) mass is 310 g/mol. The minimum Gasteiger partial charge on any atom is -0.494 e. The van der Waals surface area contributed by atoms with Gasteiger partial charge >= 0.3 is 0 Å². The molecule has 1 fully saturated rings. The van der Waals surface area contributed by atoms with Gasteiger partial charge in [-0.15, -0.1) is 0 Å². The first-order valence-corrected chi connectivity index (χ1v) is 7.83. The SMILES string of the molecule is CN(CCCOc1ccc(Cl)cc1)C(=O)C1CCC(N)C1. The lowest BCUT2D eigenvalue weighted by Gasteiger charge is -2.21. The highest BCUT2D eigenvalue weighted by Gasteiger charge is 2.29. The summed E-state index contributed by atoms with van der Waals surface area (Å²) >= 11 is 5.81. The average molecular weight is 311 g/mol. The van der Waals surface area contributed by atoms with Crippen LogP contribution in [0.15, 0.2) is 24.3 Å². The largest absolute Gasteiger partial charge is 0.494 e. The van der Waals surface area contributed by atoms with E-state index < -0.39 is 0 Å². The number of nitrogens with two attached hydrogens (primary N) is 1. The number of carbonyl (C=O) groups is 1. The van der Waals surface area contributed by atoms with E-state index in [1.807, 2.05) is 19.2 Å². The molecule has 0 heterocycles. The molecule has 116 valence electrons. The van der Waals surface area contributed by atoms with Gasteiger partial charge in [0, 0.05) is 30.6 Å². The molecule has 0 aliphatic heterocycles. The molecule has 0 radical (unpaired) electrons. The number of carbonyl (C=O) groups excluding carboxylic acids is 1. The standard InChI is InChI=1S/C16H23ClN2O2/c1-19(16(20)12-3-6-14(18)11-12)9-2-10-21-15-7-4-13(17)5-8-15/h4-5,7-8,12,14H,2-3,6,9-11,18H2,1H3. The van der Waals surface area contributed by atoms with Gasteiger partial charge in [-0.3, -0.25) is 4.79 Å². The molecule has 2 atom stereocenters. The Labute approximate surface area is 131 Å². The molecule has 21 heavy (non-hydrogen) atoms. The highest BCUT2D eigenvalue weighted by molar-refractivity contribution is 6.30. The van der Waals surface area contributed by atoms with Crippen LogP contribution in [0.2, 0.25) is 5.02 Å². The molecule has 1 aliphatic rings. The van der Waals surface area contributed by atoms with Gasteiger partial charge in [-0.25, -0.2) is 0 Å². The highest BCUT2D eigenvalue weighted by atomic mass is 35.5. The first-order valence-electron chi connectivity index (χ1n) is 7.45. The summed E-state index contributed by atoms with van der Waals surface area (Å²) in [6.45, 7) is 1.29. The van der Waals surface area contributed by atoms with Crippen molar-refractivity contribution in [3.8, 4) is 5.75 Å². The Morgan fingerprint density at radius 1 is 1.38 bits per heavy atom. The van der Waals surface area contributed by atoms with Crippen molar-refractivity contribution in [2.75, 3.05) is 20.2 Å². The summed E-state index contributed by atoms with van der Waals surface area (Å²) in [5.41, 5.74) is 5.86. The van der Waals surface area contributed by atoms with E-state index >= 15 is 0 Å². The third-order valence-corrected chi connectivity index (χ3v) is 4.17. The molecule has 1 aromatic rings. The molecule has 5 heteroatoms. The molecule has 4 nitrogen and oxygen atoms in total. The van der Waals surface area contributed by atoms with Crippen LogP contribution in [0.5, 0.6) is 5.75 Å². The fraction of sp³-hybridized carbons (Fsp3) is 0.562. The van der Waals surface area contributed by atoms with Crippen LogP contribution in [-0.4, -0.2) is 37.0 Å². The summed E-state index contributed by atoms with van der Waals surface area (Å²) in [5.74, 6) is 1.13. The molecule has 0 aromatic heterocycles. The molecule has 2 rings (SSSR count). The molecular weight excluding hydrogens is 288 g/mol. The van der Waals surface area contributed by atoms with E-state index in [0.717, 1.165) is 31.4 Å². The molecule has 1 aliphatic carbocycles. The fourth-order valence-corrected chi connectivity index (χ4v) is 2.81. The number of ether oxygens (including phenoxy) is 1. The Kier molecular flexibility index (Phi) is 5.88. The zero-order valence-electron chi connectivity index (χ0n) is 12.4. The van der Waals surface area contributed by atoms with Crippen LogP contribution in [0.4, 0.5) is 0 Å². The lowest BCUT2D eigenvalue weighted by atomic mass is 10.1. The van der Waals surface area contributed by atoms with Crippen LogP contribution < -0.4 is 10.5 Å². The van der Waals surface area contributed by atoms with Crippen molar-refractivity contribution in [3.05, 3.63) is 29.3 Å². The van der Waals surface area contributed by atoms with Gasteiger partial charge in [0.05, 0.1) is 6.61 Å². The maximum atomic E-state index is 12.2. The predicted octanol–water partition coefficient (Wildman–Crippen LogP) is 2.69. The number of benzene rings is 1. The van der Waals surface area contributed by atoms with Gasteiger partial charge in [0.1, 0.15) is 5.75 Å². The summed E-state index contributed by atoms with van der Waals surface area (Å²) in [6, 6.07) is 7.49. The van der Waals surface area contributed by atoms with Crippen LogP contribution >= 0.6 is 11.6 Å². The molecule has 1 amide bonds. The van der Waals surface area contributed by atoms with Crippen LogP contribution in [0.1, 0.15) is 25.7 Å². The molecule has 0 spiro atoms. The second-order valence-electron chi connectivity index (χ2n) is 5.69. The summed E-state index contributed by atoms with van der Waals surface area (Å²) in [5, 5.41) is 0.697. The van der Waals surface area contributed by atoms with E-state index in [-0.39, 0.29) is 17.9 Å². The van der Waals surface area contributed by atoms with Crippen LogP contribution in [0.3, 0.4) is 0 Å². The Morgan fingerprint density at radius 2 is 2.10 bits per heavy atom. The Balaban J connectivity index is 1.66. The van der Waals surface area contributed by atoms with Crippen molar-refractivity contribution < 1.29 is 9.53 Å². The number of hydrogen-bond donors (Lipinski definition) is 1. The molecule has 2 N–H and O–H groups in total. The van der Waals surface area contributed by atoms with E-state index in [2.05, 4.69) is 0 Å². The van der Waals surface area contributed by atoms with Gasteiger partial charge in [0.25, 0.3) is 0 Å². The van der Waals surface area contributed by atoms with E-state index in [1.54, 1.807) is 17.0 Å². The Morgan fingerprint density at radius 3 is 2.71 bits per heavy atom. The molecule has 2 unspecified atom stereocenters. The van der Waals surface area contributed by atoms with Crippen molar-refractivity contribution in [2.45, 2.75) is 31.7 Å². The second kappa shape index (κ2) is 7.66. The maximum absolute atomic E-state index is 12.2. The van der Waals surface area contributed by atoms with Gasteiger partial charge in [-0.2, -0.15) is 0 Å². The lowest BCUT2D eigenvalue weighted by Crippen LogP contribution is -2.33. The van der Waals surface area contributed by atoms with Gasteiger partial charge in [-0.1, -0.05) is 11.6 Å².